The predicted octanol–water partition coefficient (Wildman–Crippen LogP) is -4.93. The Morgan fingerprint density at radius 1 is 0.926 bits per heavy atom. The summed E-state index contributed by atoms with van der Waals surface area (Å²) in [5.41, 5.74) is 0. The molecule has 0 rings (SSSR count). The van der Waals surface area contributed by atoms with Crippen LogP contribution in [0.1, 0.15) is 84.5 Å². The Morgan fingerprint density at radius 2 is 1.41 bits per heavy atom. The van der Waals surface area contributed by atoms with Crippen molar-refractivity contribution in [2.45, 2.75) is 89.2 Å². The molecule has 0 aromatic rings. The van der Waals surface area contributed by atoms with Crippen LogP contribution in [-0.2, 0) is 19.7 Å². The molecule has 1 N–H and O–H groups in total. The second-order valence-electron chi connectivity index (χ2n) is 6.59. The Morgan fingerprint density at radius 3 is 1.78 bits per heavy atom. The van der Waals surface area contributed by atoms with Crippen LogP contribution in [0, 0.1) is 5.92 Å². The maximum Gasteiger partial charge on any atom is 1.00 e. The molecule has 2 atom stereocenters. The van der Waals surface area contributed by atoms with E-state index in [2.05, 4.69) is 0 Å². The maximum absolute atomic E-state index is 12.0. The summed E-state index contributed by atoms with van der Waals surface area (Å²) in [5, 5.41) is 22.9. The van der Waals surface area contributed by atoms with E-state index in [1.165, 1.54) is 0 Å². The minimum Gasteiger partial charge on any atom is -0.550 e. The third kappa shape index (κ3) is 10.4. The van der Waals surface area contributed by atoms with Crippen LogP contribution in [-0.4, -0.2) is 29.7 Å². The normalized spacial score (nSPS) is 14.3. The molecular formula is C17H30Li2O7S. The summed E-state index contributed by atoms with van der Waals surface area (Å²) in [6.07, 6.45) is 4.46. The van der Waals surface area contributed by atoms with Crippen LogP contribution in [0.15, 0.2) is 0 Å². The van der Waals surface area contributed by atoms with Crippen molar-refractivity contribution >= 4 is 22.1 Å². The standard InChI is InChI=1S/C17H32O7S.2Li/c1-3-5-7-9-11-14(13-15(18)19)17(16(20)21,25(22,23)24)12-10-8-6-4-2;;/h14H,3-13H2,1-2H3,(H,18,19)(H,20,21)(H,22,23,24);;/q;2*+1/p-2. The van der Waals surface area contributed by atoms with Crippen LogP contribution in [0.5, 0.6) is 0 Å². The Balaban J connectivity index is -0.00000288. The molecular weight excluding hydrogens is 362 g/mol. The van der Waals surface area contributed by atoms with Crippen LogP contribution in [0.25, 0.3) is 0 Å². The van der Waals surface area contributed by atoms with Crippen molar-refractivity contribution < 1.29 is 70.5 Å². The summed E-state index contributed by atoms with van der Waals surface area (Å²) in [4.78, 5) is 22.9. The van der Waals surface area contributed by atoms with Gasteiger partial charge in [-0.05, 0) is 25.2 Å². The first-order chi connectivity index (χ1) is 11.6. The number of aliphatic carboxylic acids is 2. The van der Waals surface area contributed by atoms with E-state index < -0.39 is 39.1 Å². The molecule has 0 fully saturated rings. The number of hydrogen-bond acceptors (Lipinski definition) is 6. The number of carboxylic acid groups (broad SMARTS) is 2. The quantitative estimate of drug-likeness (QED) is 0.168. The van der Waals surface area contributed by atoms with Gasteiger partial charge in [0.25, 0.3) is 10.1 Å². The first-order valence-corrected chi connectivity index (χ1v) is 10.5. The van der Waals surface area contributed by atoms with Gasteiger partial charge in [-0.15, -0.1) is 0 Å². The molecule has 0 heterocycles. The third-order valence-corrected chi connectivity index (χ3v) is 6.31. The van der Waals surface area contributed by atoms with Crippen LogP contribution in [0.2, 0.25) is 0 Å². The molecule has 7 nitrogen and oxygen atoms in total. The Hall–Kier alpha value is 0.0448. The average molecular weight is 392 g/mol. The van der Waals surface area contributed by atoms with Crippen molar-refractivity contribution in [1.82, 2.24) is 0 Å². The molecule has 0 aromatic heterocycles. The van der Waals surface area contributed by atoms with Gasteiger partial charge in [0, 0.05) is 5.97 Å². The fourth-order valence-electron chi connectivity index (χ4n) is 3.25. The number of hydrogen-bond donors (Lipinski definition) is 1. The summed E-state index contributed by atoms with van der Waals surface area (Å²) in [6.45, 7) is 3.93. The molecule has 0 bridgehead atoms. The molecule has 0 radical (unpaired) electrons. The third-order valence-electron chi connectivity index (χ3n) is 4.69. The predicted molar refractivity (Wildman–Crippen MR) is 89.9 cm³/mol. The summed E-state index contributed by atoms with van der Waals surface area (Å²) in [7, 11) is -5.05. The number of carboxylic acids is 2. The van der Waals surface area contributed by atoms with Crippen molar-refractivity contribution in [3.05, 3.63) is 0 Å². The topological polar surface area (TPSA) is 135 Å². The molecule has 0 aliphatic heterocycles. The first kappa shape index (κ1) is 31.7. The van der Waals surface area contributed by atoms with Crippen LogP contribution >= 0.6 is 0 Å². The van der Waals surface area contributed by atoms with E-state index in [0.717, 1.165) is 32.1 Å². The molecule has 0 aromatic carbocycles. The van der Waals surface area contributed by atoms with Gasteiger partial charge in [0.2, 0.25) is 0 Å². The molecule has 0 aliphatic carbocycles. The fourth-order valence-corrected chi connectivity index (χ4v) is 4.49. The molecule has 2 unspecified atom stereocenters. The zero-order valence-corrected chi connectivity index (χ0v) is 18.0. The molecule has 27 heavy (non-hydrogen) atoms. The summed E-state index contributed by atoms with van der Waals surface area (Å²) in [5.74, 6) is -4.76. The molecule has 148 valence electrons. The maximum atomic E-state index is 12.0. The number of carbonyl (C=O) groups excluding carboxylic acids is 2. The van der Waals surface area contributed by atoms with E-state index in [4.69, 9.17) is 0 Å². The zero-order valence-electron chi connectivity index (χ0n) is 17.2. The number of unbranched alkanes of at least 4 members (excludes halogenated alkanes) is 6. The van der Waals surface area contributed by atoms with Gasteiger partial charge < -0.3 is 19.8 Å². The van der Waals surface area contributed by atoms with E-state index in [-0.39, 0.29) is 57.0 Å². The van der Waals surface area contributed by atoms with E-state index in [1.54, 1.807) is 0 Å². The second kappa shape index (κ2) is 15.9. The molecule has 0 saturated carbocycles. The Kier molecular flexibility index (Phi) is 18.7. The van der Waals surface area contributed by atoms with E-state index >= 15 is 0 Å². The average Bonchev–Trinajstić information content (AvgIpc) is 2.48. The SMILES string of the molecule is CCCCCCC(CC(=O)[O-])C(CCCCCC)(C(=O)[O-])S(=O)(=O)O.[Li+].[Li+]. The Labute approximate surface area is 187 Å². The van der Waals surface area contributed by atoms with Gasteiger partial charge in [0.15, 0.2) is 0 Å². The summed E-state index contributed by atoms with van der Waals surface area (Å²) >= 11 is 0. The van der Waals surface area contributed by atoms with Crippen molar-refractivity contribution in [3.63, 3.8) is 0 Å². The van der Waals surface area contributed by atoms with E-state index in [9.17, 15) is 32.8 Å². The zero-order chi connectivity index (χ0) is 19.5. The van der Waals surface area contributed by atoms with Gasteiger partial charge in [-0.2, -0.15) is 8.42 Å². The molecule has 0 aliphatic rings. The van der Waals surface area contributed by atoms with Gasteiger partial charge in [-0.3, -0.25) is 4.55 Å². The second-order valence-corrected chi connectivity index (χ2v) is 8.26. The van der Waals surface area contributed by atoms with Crippen molar-refractivity contribution in [3.8, 4) is 0 Å². The van der Waals surface area contributed by atoms with E-state index in [1.807, 2.05) is 13.8 Å². The van der Waals surface area contributed by atoms with Gasteiger partial charge in [-0.1, -0.05) is 65.2 Å². The smallest absolute Gasteiger partial charge is 0.550 e. The van der Waals surface area contributed by atoms with Gasteiger partial charge >= 0.3 is 37.7 Å². The Bertz CT molecular complexity index is 525. The molecule has 10 heteroatoms. The van der Waals surface area contributed by atoms with Gasteiger partial charge in [0.1, 0.15) is 4.75 Å². The largest absolute Gasteiger partial charge is 1.00 e. The summed E-state index contributed by atoms with van der Waals surface area (Å²) in [6, 6.07) is 0. The summed E-state index contributed by atoms with van der Waals surface area (Å²) < 4.78 is 31.1. The molecule has 0 amide bonds. The van der Waals surface area contributed by atoms with Crippen LogP contribution in [0.4, 0.5) is 0 Å². The monoisotopic (exact) mass is 392 g/mol. The fraction of sp³-hybridized carbons (Fsp3) is 0.882. The first-order valence-electron chi connectivity index (χ1n) is 9.01. The molecule has 0 saturated heterocycles. The van der Waals surface area contributed by atoms with Crippen molar-refractivity contribution in [2.24, 2.45) is 5.92 Å². The van der Waals surface area contributed by atoms with Crippen molar-refractivity contribution in [1.29, 1.82) is 0 Å². The van der Waals surface area contributed by atoms with Gasteiger partial charge in [0.05, 0.1) is 5.97 Å². The number of rotatable bonds is 15. The minimum absolute atomic E-state index is 0. The van der Waals surface area contributed by atoms with Crippen LogP contribution < -0.4 is 47.9 Å². The van der Waals surface area contributed by atoms with Crippen molar-refractivity contribution in [2.75, 3.05) is 0 Å². The van der Waals surface area contributed by atoms with E-state index in [0.29, 0.717) is 12.8 Å². The molecule has 0 spiro atoms. The number of carbonyl (C=O) groups is 2. The minimum atomic E-state index is -5.05. The van der Waals surface area contributed by atoms with Gasteiger partial charge in [-0.25, -0.2) is 0 Å². The van der Waals surface area contributed by atoms with Crippen LogP contribution in [0.3, 0.4) is 0 Å².